The molecule has 7 heteroatoms. The minimum Gasteiger partial charge on any atom is -0.361 e. The van der Waals surface area contributed by atoms with Crippen molar-refractivity contribution < 1.29 is 4.39 Å². The van der Waals surface area contributed by atoms with E-state index in [9.17, 15) is 4.39 Å². The number of fused-ring (bicyclic) bond motifs is 1. The van der Waals surface area contributed by atoms with Gasteiger partial charge in [-0.05, 0) is 47.4 Å². The molecule has 0 bridgehead atoms. The average molecular weight is 404 g/mol. The Hall–Kier alpha value is -3.61. The Bertz CT molecular complexity index is 1130. The molecule has 0 unspecified atom stereocenters. The molecule has 154 valence electrons. The second-order valence-corrected chi connectivity index (χ2v) is 7.13. The first kappa shape index (κ1) is 19.7. The molecule has 0 spiro atoms. The first-order valence-electron chi connectivity index (χ1n) is 9.96. The highest BCUT2D eigenvalue weighted by Crippen LogP contribution is 2.19. The van der Waals surface area contributed by atoms with Crippen LogP contribution >= 0.6 is 0 Å². The van der Waals surface area contributed by atoms with Crippen molar-refractivity contribution in [2.24, 2.45) is 4.99 Å². The van der Waals surface area contributed by atoms with Crippen LogP contribution in [0, 0.1) is 5.82 Å². The zero-order valence-corrected chi connectivity index (χ0v) is 16.9. The molecule has 6 nitrogen and oxygen atoms in total. The van der Waals surface area contributed by atoms with Crippen molar-refractivity contribution in [3.63, 3.8) is 0 Å². The molecule has 0 aliphatic rings. The molecule has 0 aliphatic carbocycles. The highest BCUT2D eigenvalue weighted by atomic mass is 19.1. The summed E-state index contributed by atoms with van der Waals surface area (Å²) in [5.41, 5.74) is 4.41. The summed E-state index contributed by atoms with van der Waals surface area (Å²) in [7, 11) is 1.75. The van der Waals surface area contributed by atoms with Crippen LogP contribution in [0.3, 0.4) is 0 Å². The maximum absolute atomic E-state index is 13.5. The number of hydrogen-bond acceptors (Lipinski definition) is 2. The van der Waals surface area contributed by atoms with Gasteiger partial charge in [-0.1, -0.05) is 24.3 Å². The molecule has 0 saturated carbocycles. The summed E-state index contributed by atoms with van der Waals surface area (Å²) < 4.78 is 15.4. The minimum atomic E-state index is -0.219. The van der Waals surface area contributed by atoms with Crippen LogP contribution in [0.15, 0.2) is 72.1 Å². The smallest absolute Gasteiger partial charge is 0.191 e. The molecule has 30 heavy (non-hydrogen) atoms. The third-order valence-corrected chi connectivity index (χ3v) is 4.99. The lowest BCUT2D eigenvalue weighted by Crippen LogP contribution is -2.37. The molecule has 2 aromatic heterocycles. The number of rotatable bonds is 7. The van der Waals surface area contributed by atoms with E-state index in [0.717, 1.165) is 35.4 Å². The van der Waals surface area contributed by atoms with Crippen molar-refractivity contribution in [2.75, 3.05) is 13.6 Å². The Morgan fingerprint density at radius 1 is 1.13 bits per heavy atom. The lowest BCUT2D eigenvalue weighted by atomic mass is 10.1. The number of H-pyrrole nitrogens is 1. The Labute approximate surface area is 174 Å². The van der Waals surface area contributed by atoms with Gasteiger partial charge in [-0.2, -0.15) is 5.10 Å². The van der Waals surface area contributed by atoms with Crippen molar-refractivity contribution in [1.82, 2.24) is 25.4 Å². The van der Waals surface area contributed by atoms with Gasteiger partial charge >= 0.3 is 0 Å². The predicted molar refractivity (Wildman–Crippen MR) is 118 cm³/mol. The summed E-state index contributed by atoms with van der Waals surface area (Å²) >= 11 is 0. The van der Waals surface area contributed by atoms with Gasteiger partial charge in [0, 0.05) is 49.6 Å². The van der Waals surface area contributed by atoms with Gasteiger partial charge in [-0.15, -0.1) is 0 Å². The van der Waals surface area contributed by atoms with Crippen molar-refractivity contribution >= 4 is 16.9 Å². The lowest BCUT2D eigenvalue weighted by Gasteiger charge is -2.12. The summed E-state index contributed by atoms with van der Waals surface area (Å²) in [6.07, 6.45) is 6.45. The number of aromatic nitrogens is 3. The standard InChI is InChI=1S/C23H25FN6/c1-25-23(26-10-8-19-15-27-22-7-6-20(24)13-21(19)22)28-14-17-4-2-5-18(12-17)16-30-11-3-9-29-30/h2-7,9,11-13,15,27H,8,10,14,16H2,1H3,(H2,25,26,28). The second kappa shape index (κ2) is 9.26. The number of guanidine groups is 1. The van der Waals surface area contributed by atoms with Gasteiger partial charge in [-0.3, -0.25) is 9.67 Å². The van der Waals surface area contributed by atoms with Crippen molar-refractivity contribution in [1.29, 1.82) is 0 Å². The van der Waals surface area contributed by atoms with Gasteiger partial charge < -0.3 is 15.6 Å². The summed E-state index contributed by atoms with van der Waals surface area (Å²) in [6, 6.07) is 15.2. The van der Waals surface area contributed by atoms with Crippen LogP contribution in [0.4, 0.5) is 4.39 Å². The van der Waals surface area contributed by atoms with Crippen LogP contribution in [0.5, 0.6) is 0 Å². The highest BCUT2D eigenvalue weighted by molar-refractivity contribution is 5.83. The van der Waals surface area contributed by atoms with Crippen LogP contribution in [0.2, 0.25) is 0 Å². The maximum Gasteiger partial charge on any atom is 0.191 e. The predicted octanol–water partition coefficient (Wildman–Crippen LogP) is 3.46. The number of hydrogen-bond donors (Lipinski definition) is 3. The number of aromatic amines is 1. The molecule has 0 radical (unpaired) electrons. The van der Waals surface area contributed by atoms with Crippen LogP contribution in [-0.4, -0.2) is 34.3 Å². The number of nitrogens with one attached hydrogen (secondary N) is 3. The molecule has 0 saturated heterocycles. The third kappa shape index (κ3) is 4.86. The van der Waals surface area contributed by atoms with Crippen molar-refractivity contribution in [3.05, 3.63) is 89.6 Å². The number of halogens is 1. The van der Waals surface area contributed by atoms with E-state index in [4.69, 9.17) is 0 Å². The number of aliphatic imine (C=N–C) groups is 1. The molecule has 0 aliphatic heterocycles. The molecular formula is C23H25FN6. The SMILES string of the molecule is CN=C(NCCc1c[nH]c2ccc(F)cc12)NCc1cccc(Cn2cccn2)c1. The Balaban J connectivity index is 1.29. The van der Waals surface area contributed by atoms with Crippen LogP contribution in [0.25, 0.3) is 10.9 Å². The summed E-state index contributed by atoms with van der Waals surface area (Å²) in [5.74, 6) is 0.516. The molecule has 4 rings (SSSR count). The second-order valence-electron chi connectivity index (χ2n) is 7.13. The Morgan fingerprint density at radius 2 is 2.03 bits per heavy atom. The van der Waals surface area contributed by atoms with E-state index in [1.807, 2.05) is 23.1 Å². The molecular weight excluding hydrogens is 379 g/mol. The molecule has 0 fully saturated rings. The first-order valence-corrected chi connectivity index (χ1v) is 9.96. The highest BCUT2D eigenvalue weighted by Gasteiger charge is 2.06. The molecule has 0 amide bonds. The van der Waals surface area contributed by atoms with Gasteiger partial charge in [0.05, 0.1) is 6.54 Å². The normalized spacial score (nSPS) is 11.7. The summed E-state index contributed by atoms with van der Waals surface area (Å²) in [6.45, 7) is 2.12. The fourth-order valence-corrected chi connectivity index (χ4v) is 3.50. The number of nitrogens with zero attached hydrogens (tertiary/aromatic N) is 3. The largest absolute Gasteiger partial charge is 0.361 e. The molecule has 2 heterocycles. The van der Waals surface area contributed by atoms with Gasteiger partial charge in [0.25, 0.3) is 0 Å². The fourth-order valence-electron chi connectivity index (χ4n) is 3.50. The van der Waals surface area contributed by atoms with E-state index in [1.165, 1.54) is 17.2 Å². The van der Waals surface area contributed by atoms with E-state index in [0.29, 0.717) is 13.1 Å². The zero-order valence-electron chi connectivity index (χ0n) is 16.9. The van der Waals surface area contributed by atoms with E-state index in [1.54, 1.807) is 25.4 Å². The van der Waals surface area contributed by atoms with Gasteiger partial charge in [0.2, 0.25) is 0 Å². The Kier molecular flexibility index (Phi) is 6.08. The van der Waals surface area contributed by atoms with Gasteiger partial charge in [-0.25, -0.2) is 4.39 Å². The monoisotopic (exact) mass is 404 g/mol. The van der Waals surface area contributed by atoms with Crippen LogP contribution in [-0.2, 0) is 19.5 Å². The van der Waals surface area contributed by atoms with E-state index in [-0.39, 0.29) is 5.82 Å². The lowest BCUT2D eigenvalue weighted by molar-refractivity contribution is 0.629. The fraction of sp³-hybridized carbons (Fsp3) is 0.217. The van der Waals surface area contributed by atoms with Crippen molar-refractivity contribution in [3.8, 4) is 0 Å². The molecule has 2 aromatic carbocycles. The third-order valence-electron chi connectivity index (χ3n) is 4.99. The Morgan fingerprint density at radius 3 is 2.87 bits per heavy atom. The molecule has 0 atom stereocenters. The van der Waals surface area contributed by atoms with E-state index >= 15 is 0 Å². The van der Waals surface area contributed by atoms with Crippen molar-refractivity contribution in [2.45, 2.75) is 19.5 Å². The van der Waals surface area contributed by atoms with Crippen LogP contribution in [0.1, 0.15) is 16.7 Å². The maximum atomic E-state index is 13.5. The van der Waals surface area contributed by atoms with Crippen LogP contribution < -0.4 is 10.6 Å². The average Bonchev–Trinajstić information content (AvgIpc) is 3.40. The summed E-state index contributed by atoms with van der Waals surface area (Å²) in [4.78, 5) is 7.48. The topological polar surface area (TPSA) is 70.0 Å². The van der Waals surface area contributed by atoms with E-state index < -0.39 is 0 Å². The molecule has 4 aromatic rings. The van der Waals surface area contributed by atoms with Gasteiger partial charge in [0.15, 0.2) is 5.96 Å². The van der Waals surface area contributed by atoms with E-state index in [2.05, 4.69) is 50.0 Å². The van der Waals surface area contributed by atoms with Gasteiger partial charge in [0.1, 0.15) is 5.82 Å². The quantitative estimate of drug-likeness (QED) is 0.326. The summed E-state index contributed by atoms with van der Waals surface area (Å²) in [5, 5.41) is 11.9. The number of benzene rings is 2. The molecule has 3 N–H and O–H groups in total. The first-order chi connectivity index (χ1) is 14.7. The minimum absolute atomic E-state index is 0.219. The zero-order chi connectivity index (χ0) is 20.8.